The van der Waals surface area contributed by atoms with Crippen LogP contribution in [0.3, 0.4) is 0 Å². The van der Waals surface area contributed by atoms with E-state index in [1.54, 1.807) is 12.1 Å². The van der Waals surface area contributed by atoms with Crippen molar-refractivity contribution in [1.29, 1.82) is 0 Å². The minimum atomic E-state index is -1.15. The number of aryl methyl sites for hydroxylation is 1. The van der Waals surface area contributed by atoms with Crippen molar-refractivity contribution in [1.82, 2.24) is 5.32 Å². The van der Waals surface area contributed by atoms with Gasteiger partial charge in [-0.05, 0) is 92.7 Å². The lowest BCUT2D eigenvalue weighted by molar-refractivity contribution is -0.137. The maximum atomic E-state index is 12.5. The number of carboxylic acid groups (broad SMARTS) is 1. The zero-order valence-corrected chi connectivity index (χ0v) is 31.8. The first-order valence-corrected chi connectivity index (χ1v) is 19.9. The Morgan fingerprint density at radius 3 is 2.23 bits per heavy atom. The van der Waals surface area contributed by atoms with Gasteiger partial charge in [-0.3, -0.25) is 4.79 Å². The third kappa shape index (κ3) is 14.1. The first kappa shape index (κ1) is 43.4. The largest absolute Gasteiger partial charge is 0.508 e. The van der Waals surface area contributed by atoms with Gasteiger partial charge in [-0.2, -0.15) is 0 Å². The average Bonchev–Trinajstić information content (AvgIpc) is 3.14. The second-order valence-electron chi connectivity index (χ2n) is 15.2. The number of unbranched alkanes of at least 4 members (excludes halogenated alkanes) is 5. The van der Waals surface area contributed by atoms with Crippen LogP contribution in [-0.2, 0) is 16.6 Å². The molecule has 8 nitrogen and oxygen atoms in total. The molecule has 1 saturated carbocycles. The zero-order chi connectivity index (χ0) is 37.8. The monoisotopic (exact) mass is 721 g/mol. The van der Waals surface area contributed by atoms with Crippen molar-refractivity contribution in [2.45, 2.75) is 159 Å². The van der Waals surface area contributed by atoms with Crippen molar-refractivity contribution in [3.8, 4) is 5.75 Å². The van der Waals surface area contributed by atoms with Gasteiger partial charge < -0.3 is 36.0 Å². The molecule has 8 heteroatoms. The Kier molecular flexibility index (Phi) is 19.1. The molecule has 2 aromatic carbocycles. The number of rotatable bonds is 25. The van der Waals surface area contributed by atoms with Gasteiger partial charge in [0.1, 0.15) is 5.75 Å². The SMILES string of the molecule is CCCCCC(O)C=CC(CCc1ccccc1)=C(CC(O)CO)C(CCCCCCC(=O)O)NCC(C)(O)C1(c2ccc(O)cc2)CCCCC1. The molecular formula is C44H67NO7. The van der Waals surface area contributed by atoms with E-state index < -0.39 is 29.2 Å². The number of aliphatic carboxylic acids is 1. The predicted octanol–water partition coefficient (Wildman–Crippen LogP) is 7.90. The van der Waals surface area contributed by atoms with Crippen LogP contribution in [0.2, 0.25) is 0 Å². The molecule has 52 heavy (non-hydrogen) atoms. The molecule has 0 amide bonds. The van der Waals surface area contributed by atoms with Gasteiger partial charge in [-0.15, -0.1) is 0 Å². The number of nitrogens with one attached hydrogen (secondary N) is 1. The number of phenols is 1. The van der Waals surface area contributed by atoms with Crippen molar-refractivity contribution in [3.05, 3.63) is 89.0 Å². The number of benzene rings is 2. The second-order valence-corrected chi connectivity index (χ2v) is 15.2. The molecule has 4 unspecified atom stereocenters. The molecule has 1 aliphatic carbocycles. The second kappa shape index (κ2) is 22.9. The van der Waals surface area contributed by atoms with E-state index in [9.17, 15) is 30.3 Å². The lowest BCUT2D eigenvalue weighted by Gasteiger charge is -2.49. The van der Waals surface area contributed by atoms with Gasteiger partial charge in [0.2, 0.25) is 0 Å². The Morgan fingerprint density at radius 2 is 1.58 bits per heavy atom. The van der Waals surface area contributed by atoms with Crippen molar-refractivity contribution < 1.29 is 35.4 Å². The Labute approximate surface area is 312 Å². The number of phenolic OH excluding ortho intramolecular Hbond substituents is 1. The Hall–Kier alpha value is -3.01. The van der Waals surface area contributed by atoms with Crippen LogP contribution < -0.4 is 5.32 Å². The van der Waals surface area contributed by atoms with Gasteiger partial charge >= 0.3 is 5.97 Å². The minimum Gasteiger partial charge on any atom is -0.508 e. The summed E-state index contributed by atoms with van der Waals surface area (Å²) in [7, 11) is 0. The number of carboxylic acids is 1. The fraction of sp³-hybridized carbons (Fsp3) is 0.614. The standard InChI is InChI=1S/C44H67NO7/c1-3-4-9-18-37(47)26-23-35(22-21-34-16-10-7-11-17-34)40(31-39(49)32-46)41(19-12-5-6-13-20-42(50)51)45-33-43(2,52)44(29-14-8-15-30-44)36-24-27-38(48)28-25-36/h7,10-11,16-17,23-28,37,39,41,45-49,52H,3-6,8-9,12-15,18-22,29-33H2,1-2H3,(H,50,51). The van der Waals surface area contributed by atoms with Crippen LogP contribution in [0, 0.1) is 0 Å². The quantitative estimate of drug-likeness (QED) is 0.0404. The molecule has 0 heterocycles. The summed E-state index contributed by atoms with van der Waals surface area (Å²) in [5, 5.41) is 67.4. The van der Waals surface area contributed by atoms with Crippen LogP contribution in [0.15, 0.2) is 77.9 Å². The summed E-state index contributed by atoms with van der Waals surface area (Å²) < 4.78 is 0. The van der Waals surface area contributed by atoms with Gasteiger partial charge in [0.15, 0.2) is 0 Å². The van der Waals surface area contributed by atoms with Crippen LogP contribution >= 0.6 is 0 Å². The fourth-order valence-electron chi connectivity index (χ4n) is 7.96. The highest BCUT2D eigenvalue weighted by Crippen LogP contribution is 2.47. The van der Waals surface area contributed by atoms with E-state index in [0.29, 0.717) is 25.7 Å². The van der Waals surface area contributed by atoms with Crippen LogP contribution in [0.5, 0.6) is 5.75 Å². The first-order chi connectivity index (χ1) is 25.0. The number of aromatic hydroxyl groups is 1. The molecular weight excluding hydrogens is 654 g/mol. The summed E-state index contributed by atoms with van der Waals surface area (Å²) in [5.74, 6) is -0.596. The lowest BCUT2D eigenvalue weighted by Crippen LogP contribution is -2.57. The molecule has 0 radical (unpaired) electrons. The molecule has 7 N–H and O–H groups in total. The number of hydrogen-bond donors (Lipinski definition) is 7. The molecule has 4 atom stereocenters. The molecule has 3 rings (SSSR count). The van der Waals surface area contributed by atoms with Gasteiger partial charge in [-0.25, -0.2) is 0 Å². The highest BCUT2D eigenvalue weighted by atomic mass is 16.4. The maximum absolute atomic E-state index is 12.5. The summed E-state index contributed by atoms with van der Waals surface area (Å²) in [6.07, 6.45) is 16.4. The summed E-state index contributed by atoms with van der Waals surface area (Å²) in [6.45, 7) is 3.95. The third-order valence-corrected chi connectivity index (χ3v) is 11.1. The van der Waals surface area contributed by atoms with Crippen LogP contribution in [-0.4, -0.2) is 73.6 Å². The van der Waals surface area contributed by atoms with Crippen LogP contribution in [0.25, 0.3) is 0 Å². The van der Waals surface area contributed by atoms with Gasteiger partial charge in [0.25, 0.3) is 0 Å². The summed E-state index contributed by atoms with van der Waals surface area (Å²) in [6, 6.07) is 17.2. The van der Waals surface area contributed by atoms with E-state index in [-0.39, 0.29) is 37.8 Å². The number of aliphatic hydroxyl groups excluding tert-OH is 3. The summed E-state index contributed by atoms with van der Waals surface area (Å²) in [5.41, 5.74) is 2.48. The Bertz CT molecular complexity index is 1350. The number of carbonyl (C=O) groups is 1. The van der Waals surface area contributed by atoms with E-state index in [1.807, 2.05) is 49.4 Å². The highest BCUT2D eigenvalue weighted by molar-refractivity contribution is 5.66. The third-order valence-electron chi connectivity index (χ3n) is 11.1. The molecule has 1 fully saturated rings. The molecule has 0 bridgehead atoms. The smallest absolute Gasteiger partial charge is 0.303 e. The first-order valence-electron chi connectivity index (χ1n) is 19.9. The summed E-state index contributed by atoms with van der Waals surface area (Å²) in [4.78, 5) is 11.1. The van der Waals surface area contributed by atoms with Crippen LogP contribution in [0.4, 0.5) is 0 Å². The molecule has 290 valence electrons. The fourth-order valence-corrected chi connectivity index (χ4v) is 7.96. The Balaban J connectivity index is 2.03. The molecule has 2 aromatic rings. The average molecular weight is 722 g/mol. The highest BCUT2D eigenvalue weighted by Gasteiger charge is 2.48. The van der Waals surface area contributed by atoms with Crippen molar-refractivity contribution >= 4 is 5.97 Å². The molecule has 0 spiro atoms. The number of aliphatic hydroxyl groups is 4. The van der Waals surface area contributed by atoms with E-state index in [2.05, 4.69) is 24.4 Å². The number of hydrogen-bond acceptors (Lipinski definition) is 7. The summed E-state index contributed by atoms with van der Waals surface area (Å²) >= 11 is 0. The van der Waals surface area contributed by atoms with Gasteiger partial charge in [0, 0.05) is 24.4 Å². The van der Waals surface area contributed by atoms with Crippen molar-refractivity contribution in [2.75, 3.05) is 13.2 Å². The maximum Gasteiger partial charge on any atom is 0.303 e. The molecule has 1 aliphatic rings. The van der Waals surface area contributed by atoms with E-state index in [1.165, 1.54) is 5.56 Å². The minimum absolute atomic E-state index is 0.146. The van der Waals surface area contributed by atoms with E-state index in [0.717, 1.165) is 93.8 Å². The molecule has 0 aliphatic heterocycles. The molecule has 0 saturated heterocycles. The predicted molar refractivity (Wildman–Crippen MR) is 209 cm³/mol. The topological polar surface area (TPSA) is 150 Å². The van der Waals surface area contributed by atoms with E-state index >= 15 is 0 Å². The van der Waals surface area contributed by atoms with Crippen molar-refractivity contribution in [3.63, 3.8) is 0 Å². The van der Waals surface area contributed by atoms with Crippen molar-refractivity contribution in [2.24, 2.45) is 0 Å². The zero-order valence-electron chi connectivity index (χ0n) is 31.8. The molecule has 0 aromatic heterocycles. The lowest BCUT2D eigenvalue weighted by atomic mass is 9.60. The van der Waals surface area contributed by atoms with Crippen LogP contribution in [0.1, 0.15) is 134 Å². The van der Waals surface area contributed by atoms with Gasteiger partial charge in [-0.1, -0.05) is 119 Å². The van der Waals surface area contributed by atoms with Gasteiger partial charge in [0.05, 0.1) is 24.4 Å². The number of allylic oxidation sites excluding steroid dienone is 2. The Morgan fingerprint density at radius 1 is 0.904 bits per heavy atom. The van der Waals surface area contributed by atoms with E-state index in [4.69, 9.17) is 5.11 Å². The normalized spacial score (nSPS) is 18.0.